The number of carbonyl (C=O) groups excluding carboxylic acids is 1. The Kier molecular flexibility index (Phi) is 7.86. The first-order valence-corrected chi connectivity index (χ1v) is 6.08. The molecule has 0 aromatic rings. The SMILES string of the molecule is C=C(C)C(CCCCCBr)OC(C)=O. The van der Waals surface area contributed by atoms with E-state index in [4.69, 9.17) is 4.74 Å². The van der Waals surface area contributed by atoms with E-state index in [0.29, 0.717) is 0 Å². The molecule has 0 rings (SSSR count). The van der Waals surface area contributed by atoms with Gasteiger partial charge in [0, 0.05) is 12.3 Å². The highest BCUT2D eigenvalue weighted by atomic mass is 79.9. The van der Waals surface area contributed by atoms with Gasteiger partial charge < -0.3 is 4.74 Å². The lowest BCUT2D eigenvalue weighted by Crippen LogP contribution is -2.17. The number of rotatable bonds is 7. The summed E-state index contributed by atoms with van der Waals surface area (Å²) >= 11 is 3.38. The Balaban J connectivity index is 3.74. The molecule has 14 heavy (non-hydrogen) atoms. The van der Waals surface area contributed by atoms with Gasteiger partial charge in [-0.15, -0.1) is 0 Å². The van der Waals surface area contributed by atoms with E-state index < -0.39 is 0 Å². The van der Waals surface area contributed by atoms with Crippen molar-refractivity contribution in [2.75, 3.05) is 5.33 Å². The van der Waals surface area contributed by atoms with Crippen molar-refractivity contribution in [3.63, 3.8) is 0 Å². The van der Waals surface area contributed by atoms with E-state index in [1.54, 1.807) is 0 Å². The van der Waals surface area contributed by atoms with Crippen LogP contribution >= 0.6 is 15.9 Å². The predicted octanol–water partition coefficient (Wildman–Crippen LogP) is 3.45. The lowest BCUT2D eigenvalue weighted by atomic mass is 10.1. The van der Waals surface area contributed by atoms with Gasteiger partial charge in [0.15, 0.2) is 0 Å². The fourth-order valence-electron chi connectivity index (χ4n) is 1.21. The summed E-state index contributed by atoms with van der Waals surface area (Å²) < 4.78 is 5.14. The molecule has 0 aliphatic rings. The molecule has 0 aliphatic heterocycles. The molecule has 0 aromatic carbocycles. The van der Waals surface area contributed by atoms with Gasteiger partial charge in [0.2, 0.25) is 0 Å². The molecule has 3 heteroatoms. The third-order valence-electron chi connectivity index (χ3n) is 1.96. The first-order valence-electron chi connectivity index (χ1n) is 4.96. The van der Waals surface area contributed by atoms with E-state index in [1.807, 2.05) is 6.92 Å². The molecule has 0 radical (unpaired) electrons. The van der Waals surface area contributed by atoms with Gasteiger partial charge in [-0.3, -0.25) is 4.79 Å². The summed E-state index contributed by atoms with van der Waals surface area (Å²) in [5.74, 6) is -0.224. The highest BCUT2D eigenvalue weighted by Gasteiger charge is 2.11. The molecule has 82 valence electrons. The molecule has 0 fully saturated rings. The van der Waals surface area contributed by atoms with Crippen molar-refractivity contribution < 1.29 is 9.53 Å². The summed E-state index contributed by atoms with van der Waals surface area (Å²) in [5, 5.41) is 1.04. The Morgan fingerprint density at radius 3 is 2.43 bits per heavy atom. The Bertz CT molecular complexity index is 190. The van der Waals surface area contributed by atoms with Gasteiger partial charge in [-0.05, 0) is 31.8 Å². The minimum atomic E-state index is -0.224. The van der Waals surface area contributed by atoms with Gasteiger partial charge >= 0.3 is 5.97 Å². The molecule has 0 saturated heterocycles. The van der Waals surface area contributed by atoms with E-state index in [-0.39, 0.29) is 12.1 Å². The average molecular weight is 263 g/mol. The number of carbonyl (C=O) groups is 1. The fourth-order valence-corrected chi connectivity index (χ4v) is 1.60. The molecule has 0 saturated carbocycles. The maximum absolute atomic E-state index is 10.8. The summed E-state index contributed by atoms with van der Waals surface area (Å²) in [6.07, 6.45) is 4.21. The average Bonchev–Trinajstić information content (AvgIpc) is 2.09. The van der Waals surface area contributed by atoms with Crippen LogP contribution in [0, 0.1) is 0 Å². The molecule has 0 bridgehead atoms. The minimum absolute atomic E-state index is 0.0946. The van der Waals surface area contributed by atoms with E-state index in [1.165, 1.54) is 13.3 Å². The van der Waals surface area contributed by atoms with Gasteiger partial charge in [-0.1, -0.05) is 28.9 Å². The second-order valence-corrected chi connectivity index (χ2v) is 4.28. The molecule has 1 atom stereocenters. The number of alkyl halides is 1. The Morgan fingerprint density at radius 2 is 2.00 bits per heavy atom. The first-order chi connectivity index (χ1) is 6.57. The topological polar surface area (TPSA) is 26.3 Å². The van der Waals surface area contributed by atoms with Crippen LogP contribution in [0.3, 0.4) is 0 Å². The fraction of sp³-hybridized carbons (Fsp3) is 0.727. The number of esters is 1. The standard InChI is InChI=1S/C11H19BrO2/c1-9(2)11(14-10(3)13)7-5-4-6-8-12/h11H,1,4-8H2,2-3H3. The highest BCUT2D eigenvalue weighted by molar-refractivity contribution is 9.09. The van der Waals surface area contributed by atoms with Crippen LogP contribution in [0.2, 0.25) is 0 Å². The van der Waals surface area contributed by atoms with Gasteiger partial charge in [-0.2, -0.15) is 0 Å². The molecule has 0 N–H and O–H groups in total. The second-order valence-electron chi connectivity index (χ2n) is 3.48. The molecular weight excluding hydrogens is 244 g/mol. The monoisotopic (exact) mass is 262 g/mol. The molecule has 2 nitrogen and oxygen atoms in total. The number of unbranched alkanes of at least 4 members (excludes halogenated alkanes) is 2. The van der Waals surface area contributed by atoms with E-state index in [2.05, 4.69) is 22.5 Å². The maximum Gasteiger partial charge on any atom is 0.303 e. The largest absolute Gasteiger partial charge is 0.458 e. The second kappa shape index (κ2) is 8.04. The van der Waals surface area contributed by atoms with Crippen LogP contribution in [-0.2, 0) is 9.53 Å². The minimum Gasteiger partial charge on any atom is -0.458 e. The van der Waals surface area contributed by atoms with Crippen molar-refractivity contribution in [1.29, 1.82) is 0 Å². The molecule has 0 aromatic heterocycles. The van der Waals surface area contributed by atoms with Crippen molar-refractivity contribution in [3.8, 4) is 0 Å². The van der Waals surface area contributed by atoms with Crippen molar-refractivity contribution in [2.45, 2.75) is 45.6 Å². The number of ether oxygens (including phenoxy) is 1. The van der Waals surface area contributed by atoms with Gasteiger partial charge in [0.05, 0.1) is 0 Å². The molecule has 0 aliphatic carbocycles. The van der Waals surface area contributed by atoms with E-state index in [0.717, 1.165) is 30.2 Å². The number of halogens is 1. The Hall–Kier alpha value is -0.310. The van der Waals surface area contributed by atoms with E-state index in [9.17, 15) is 4.79 Å². The van der Waals surface area contributed by atoms with Crippen LogP contribution in [0.25, 0.3) is 0 Å². The molecule has 1 unspecified atom stereocenters. The van der Waals surface area contributed by atoms with Gasteiger partial charge in [0.1, 0.15) is 6.10 Å². The predicted molar refractivity (Wildman–Crippen MR) is 62.6 cm³/mol. The van der Waals surface area contributed by atoms with E-state index >= 15 is 0 Å². The smallest absolute Gasteiger partial charge is 0.303 e. The zero-order chi connectivity index (χ0) is 11.0. The van der Waals surface area contributed by atoms with Gasteiger partial charge in [0.25, 0.3) is 0 Å². The Labute approximate surface area is 94.8 Å². The summed E-state index contributed by atoms with van der Waals surface area (Å²) in [6, 6.07) is 0. The first kappa shape index (κ1) is 13.7. The summed E-state index contributed by atoms with van der Waals surface area (Å²) in [7, 11) is 0. The maximum atomic E-state index is 10.8. The zero-order valence-electron chi connectivity index (χ0n) is 9.01. The molecule has 0 spiro atoms. The van der Waals surface area contributed by atoms with Crippen molar-refractivity contribution in [1.82, 2.24) is 0 Å². The van der Waals surface area contributed by atoms with Crippen molar-refractivity contribution >= 4 is 21.9 Å². The normalized spacial score (nSPS) is 12.2. The third kappa shape index (κ3) is 7.13. The lowest BCUT2D eigenvalue weighted by Gasteiger charge is -2.16. The van der Waals surface area contributed by atoms with Crippen molar-refractivity contribution in [2.24, 2.45) is 0 Å². The lowest BCUT2D eigenvalue weighted by molar-refractivity contribution is -0.144. The highest BCUT2D eigenvalue weighted by Crippen LogP contribution is 2.13. The van der Waals surface area contributed by atoms with Gasteiger partial charge in [-0.25, -0.2) is 0 Å². The summed E-state index contributed by atoms with van der Waals surface area (Å²) in [6.45, 7) is 7.16. The summed E-state index contributed by atoms with van der Waals surface area (Å²) in [5.41, 5.74) is 0.930. The van der Waals surface area contributed by atoms with Crippen LogP contribution in [0.15, 0.2) is 12.2 Å². The molecular formula is C11H19BrO2. The quantitative estimate of drug-likeness (QED) is 0.304. The van der Waals surface area contributed by atoms with Crippen LogP contribution < -0.4 is 0 Å². The number of hydrogen-bond donors (Lipinski definition) is 0. The number of hydrogen-bond acceptors (Lipinski definition) is 2. The third-order valence-corrected chi connectivity index (χ3v) is 2.52. The molecule has 0 amide bonds. The van der Waals surface area contributed by atoms with Crippen LogP contribution in [0.5, 0.6) is 0 Å². The molecule has 0 heterocycles. The van der Waals surface area contributed by atoms with Crippen LogP contribution in [0.1, 0.15) is 39.5 Å². The van der Waals surface area contributed by atoms with Crippen LogP contribution in [-0.4, -0.2) is 17.4 Å². The van der Waals surface area contributed by atoms with Crippen LogP contribution in [0.4, 0.5) is 0 Å². The van der Waals surface area contributed by atoms with Crippen molar-refractivity contribution in [3.05, 3.63) is 12.2 Å². The Morgan fingerprint density at radius 1 is 1.36 bits per heavy atom. The summed E-state index contributed by atoms with van der Waals surface area (Å²) in [4.78, 5) is 10.8. The zero-order valence-corrected chi connectivity index (χ0v) is 10.6.